The summed E-state index contributed by atoms with van der Waals surface area (Å²) in [5, 5.41) is 11.1. The summed E-state index contributed by atoms with van der Waals surface area (Å²) in [7, 11) is 3.11. The Labute approximate surface area is 188 Å². The number of amides is 1. The Morgan fingerprint density at radius 2 is 1.75 bits per heavy atom. The third-order valence-electron chi connectivity index (χ3n) is 5.22. The summed E-state index contributed by atoms with van der Waals surface area (Å²) in [6.07, 6.45) is 0.564. The van der Waals surface area contributed by atoms with Crippen molar-refractivity contribution in [3.63, 3.8) is 0 Å². The molecule has 0 aliphatic carbocycles. The van der Waals surface area contributed by atoms with Gasteiger partial charge in [-0.15, -0.1) is 0 Å². The molecule has 7 heteroatoms. The molecule has 7 nitrogen and oxygen atoms in total. The fourth-order valence-corrected chi connectivity index (χ4v) is 3.82. The van der Waals surface area contributed by atoms with Crippen molar-refractivity contribution in [3.8, 4) is 11.5 Å². The van der Waals surface area contributed by atoms with Gasteiger partial charge in [0.1, 0.15) is 17.3 Å². The van der Waals surface area contributed by atoms with E-state index in [1.54, 1.807) is 43.5 Å². The molecule has 2 aromatic rings. The maximum absolute atomic E-state index is 13.1. The number of Topliss-reactive ketones (excluding diaryl/α,β-unsaturated/α-hetero) is 1. The Balaban J connectivity index is 2.09. The number of benzene rings is 2. The van der Waals surface area contributed by atoms with Gasteiger partial charge in [-0.25, -0.2) is 0 Å². The summed E-state index contributed by atoms with van der Waals surface area (Å²) in [6.45, 7) is 4.59. The Kier molecular flexibility index (Phi) is 7.53. The van der Waals surface area contributed by atoms with Crippen LogP contribution in [0.3, 0.4) is 0 Å². The van der Waals surface area contributed by atoms with Gasteiger partial charge in [-0.3, -0.25) is 9.59 Å². The second-order valence-electron chi connectivity index (χ2n) is 7.77. The number of hydrogen-bond acceptors (Lipinski definition) is 6. The van der Waals surface area contributed by atoms with Gasteiger partial charge in [-0.1, -0.05) is 18.2 Å². The number of carbonyl (C=O) groups excluding carboxylic acids is 2. The molecule has 1 aliphatic heterocycles. The summed E-state index contributed by atoms with van der Waals surface area (Å²) in [4.78, 5) is 27.5. The first-order valence-corrected chi connectivity index (χ1v) is 10.6. The molecule has 1 fully saturated rings. The van der Waals surface area contributed by atoms with Gasteiger partial charge in [0.25, 0.3) is 11.7 Å². The van der Waals surface area contributed by atoms with Crippen LogP contribution >= 0.6 is 0 Å². The molecule has 3 rings (SSSR count). The van der Waals surface area contributed by atoms with Crippen molar-refractivity contribution < 1.29 is 28.9 Å². The number of aliphatic hydroxyl groups is 1. The lowest BCUT2D eigenvalue weighted by Crippen LogP contribution is -2.31. The van der Waals surface area contributed by atoms with Crippen molar-refractivity contribution in [3.05, 3.63) is 65.2 Å². The lowest BCUT2D eigenvalue weighted by Gasteiger charge is -2.26. The van der Waals surface area contributed by atoms with Gasteiger partial charge in [-0.05, 0) is 50.6 Å². The molecular weight excluding hydrogens is 410 g/mol. The molecular formula is C25H29NO6. The summed E-state index contributed by atoms with van der Waals surface area (Å²) in [5.41, 5.74) is 1.10. The van der Waals surface area contributed by atoms with E-state index in [2.05, 4.69) is 0 Å². The molecule has 0 spiro atoms. The van der Waals surface area contributed by atoms with Crippen molar-refractivity contribution in [1.82, 2.24) is 4.90 Å². The van der Waals surface area contributed by atoms with Crippen LogP contribution in [0.1, 0.15) is 37.4 Å². The lowest BCUT2D eigenvalue weighted by molar-refractivity contribution is -0.140. The van der Waals surface area contributed by atoms with Crippen LogP contribution in [0, 0.1) is 0 Å². The van der Waals surface area contributed by atoms with Crippen LogP contribution in [0.2, 0.25) is 0 Å². The van der Waals surface area contributed by atoms with Crippen molar-refractivity contribution in [2.75, 3.05) is 27.4 Å². The number of likely N-dealkylation sites (tertiary alicyclic amines) is 1. The number of nitrogens with zero attached hydrogens (tertiary/aromatic N) is 1. The highest BCUT2D eigenvalue weighted by molar-refractivity contribution is 6.46. The monoisotopic (exact) mass is 439 g/mol. The minimum absolute atomic E-state index is 0.0115. The fourth-order valence-electron chi connectivity index (χ4n) is 3.82. The number of aliphatic hydroxyl groups excluding tert-OH is 1. The van der Waals surface area contributed by atoms with E-state index in [4.69, 9.17) is 14.2 Å². The summed E-state index contributed by atoms with van der Waals surface area (Å²) in [6, 6.07) is 13.2. The SMILES string of the molecule is COCCCN1C(=O)C(=O)/C(=C(/O)c2ccc(OC(C)C)cc2)C1c1ccccc1OC. The summed E-state index contributed by atoms with van der Waals surface area (Å²) >= 11 is 0. The maximum atomic E-state index is 13.1. The zero-order valence-corrected chi connectivity index (χ0v) is 18.8. The van der Waals surface area contributed by atoms with Crippen LogP contribution in [0.5, 0.6) is 11.5 Å². The molecule has 2 aromatic carbocycles. The lowest BCUT2D eigenvalue weighted by atomic mass is 9.94. The number of ketones is 1. The van der Waals surface area contributed by atoms with Crippen molar-refractivity contribution >= 4 is 17.4 Å². The van der Waals surface area contributed by atoms with Gasteiger partial charge < -0.3 is 24.2 Å². The predicted octanol–water partition coefficient (Wildman–Crippen LogP) is 3.94. The standard InChI is InChI=1S/C25H29NO6/c1-16(2)32-18-12-10-17(11-13-18)23(27)21-22(19-8-5-6-9-20(19)31-4)26(14-7-15-30-3)25(29)24(21)28/h5-6,8-13,16,22,27H,7,14-15H2,1-4H3/b23-21+. The molecule has 1 N–H and O–H groups in total. The van der Waals surface area contributed by atoms with E-state index in [9.17, 15) is 14.7 Å². The Hall–Kier alpha value is -3.32. The number of carbonyl (C=O) groups is 2. The third-order valence-corrected chi connectivity index (χ3v) is 5.22. The second-order valence-corrected chi connectivity index (χ2v) is 7.77. The van der Waals surface area contributed by atoms with Gasteiger partial charge in [0.05, 0.1) is 24.8 Å². The summed E-state index contributed by atoms with van der Waals surface area (Å²) < 4.78 is 16.3. The van der Waals surface area contributed by atoms with E-state index >= 15 is 0 Å². The molecule has 0 saturated carbocycles. The molecule has 1 atom stereocenters. The first-order valence-electron chi connectivity index (χ1n) is 10.6. The smallest absolute Gasteiger partial charge is 0.295 e. The number of para-hydroxylation sites is 1. The normalized spacial score (nSPS) is 17.8. The largest absolute Gasteiger partial charge is 0.507 e. The van der Waals surface area contributed by atoms with Gasteiger partial charge in [0, 0.05) is 31.4 Å². The minimum atomic E-state index is -0.769. The van der Waals surface area contributed by atoms with E-state index in [1.807, 2.05) is 26.0 Å². The number of ether oxygens (including phenoxy) is 3. The molecule has 32 heavy (non-hydrogen) atoms. The van der Waals surface area contributed by atoms with Crippen LogP contribution in [-0.4, -0.2) is 55.2 Å². The Morgan fingerprint density at radius 3 is 2.38 bits per heavy atom. The molecule has 1 amide bonds. The zero-order valence-electron chi connectivity index (χ0n) is 18.8. The molecule has 1 unspecified atom stereocenters. The first kappa shape index (κ1) is 23.3. The highest BCUT2D eigenvalue weighted by atomic mass is 16.5. The van der Waals surface area contributed by atoms with E-state index in [-0.39, 0.29) is 17.4 Å². The van der Waals surface area contributed by atoms with Crippen molar-refractivity contribution in [2.45, 2.75) is 32.4 Å². The van der Waals surface area contributed by atoms with Gasteiger partial charge >= 0.3 is 0 Å². The van der Waals surface area contributed by atoms with E-state index in [1.165, 1.54) is 12.0 Å². The van der Waals surface area contributed by atoms with Crippen LogP contribution in [-0.2, 0) is 14.3 Å². The minimum Gasteiger partial charge on any atom is -0.507 e. The molecule has 0 radical (unpaired) electrons. The van der Waals surface area contributed by atoms with Crippen molar-refractivity contribution in [2.24, 2.45) is 0 Å². The zero-order chi connectivity index (χ0) is 23.3. The van der Waals surface area contributed by atoms with E-state index < -0.39 is 17.7 Å². The first-order chi connectivity index (χ1) is 15.4. The molecule has 0 bridgehead atoms. The molecule has 1 heterocycles. The molecule has 0 aromatic heterocycles. The topological polar surface area (TPSA) is 85.3 Å². The molecule has 1 aliphatic rings. The van der Waals surface area contributed by atoms with Crippen LogP contribution in [0.25, 0.3) is 5.76 Å². The number of hydrogen-bond donors (Lipinski definition) is 1. The Morgan fingerprint density at radius 1 is 1.06 bits per heavy atom. The maximum Gasteiger partial charge on any atom is 0.295 e. The van der Waals surface area contributed by atoms with Gasteiger partial charge in [0.15, 0.2) is 0 Å². The van der Waals surface area contributed by atoms with Crippen LogP contribution in [0.4, 0.5) is 0 Å². The van der Waals surface area contributed by atoms with E-state index in [0.717, 1.165) is 0 Å². The van der Waals surface area contributed by atoms with Gasteiger partial charge in [-0.2, -0.15) is 0 Å². The number of methoxy groups -OCH3 is 2. The average Bonchev–Trinajstić information content (AvgIpc) is 3.03. The Bertz CT molecular complexity index is 996. The highest BCUT2D eigenvalue weighted by Crippen LogP contribution is 2.42. The van der Waals surface area contributed by atoms with Crippen molar-refractivity contribution in [1.29, 1.82) is 0 Å². The third kappa shape index (κ3) is 4.78. The predicted molar refractivity (Wildman–Crippen MR) is 121 cm³/mol. The second kappa shape index (κ2) is 10.3. The molecule has 1 saturated heterocycles. The van der Waals surface area contributed by atoms with Gasteiger partial charge in [0.2, 0.25) is 0 Å². The quantitative estimate of drug-likeness (QED) is 0.276. The fraction of sp³-hybridized carbons (Fsp3) is 0.360. The van der Waals surface area contributed by atoms with Crippen LogP contribution < -0.4 is 9.47 Å². The average molecular weight is 440 g/mol. The number of rotatable bonds is 9. The summed E-state index contributed by atoms with van der Waals surface area (Å²) in [5.74, 6) is -0.429. The molecule has 170 valence electrons. The highest BCUT2D eigenvalue weighted by Gasteiger charge is 2.46. The van der Waals surface area contributed by atoms with E-state index in [0.29, 0.717) is 42.2 Å². The van der Waals surface area contributed by atoms with Crippen LogP contribution in [0.15, 0.2) is 54.1 Å².